The summed E-state index contributed by atoms with van der Waals surface area (Å²) in [5.74, 6) is -0.195. The van der Waals surface area contributed by atoms with Crippen LogP contribution >= 0.6 is 0 Å². The van der Waals surface area contributed by atoms with Crippen molar-refractivity contribution in [2.75, 3.05) is 24.5 Å². The standard InChI is InChI=1S/C19H23FN2O/c1-2-22(18-6-4-3-5-7-18)15-13-19(23)21-14-12-16-8-10-17(20)11-9-16/h3-11H,2,12-15H2,1H3,(H,21,23). The molecule has 0 saturated carbocycles. The van der Waals surface area contributed by atoms with E-state index in [0.717, 1.165) is 17.8 Å². The quantitative estimate of drug-likeness (QED) is 0.810. The van der Waals surface area contributed by atoms with E-state index in [1.165, 1.54) is 12.1 Å². The maximum atomic E-state index is 12.8. The summed E-state index contributed by atoms with van der Waals surface area (Å²) >= 11 is 0. The molecule has 0 unspecified atom stereocenters. The number of rotatable bonds is 8. The Morgan fingerprint density at radius 2 is 1.78 bits per heavy atom. The Morgan fingerprint density at radius 3 is 2.43 bits per heavy atom. The maximum Gasteiger partial charge on any atom is 0.221 e. The lowest BCUT2D eigenvalue weighted by Crippen LogP contribution is -2.31. The molecule has 0 spiro atoms. The number of nitrogens with one attached hydrogen (secondary N) is 1. The van der Waals surface area contributed by atoms with Crippen LogP contribution in [0.1, 0.15) is 18.9 Å². The first-order valence-electron chi connectivity index (χ1n) is 8.00. The number of carbonyl (C=O) groups is 1. The van der Waals surface area contributed by atoms with Crippen LogP contribution in [0.4, 0.5) is 10.1 Å². The van der Waals surface area contributed by atoms with Gasteiger partial charge in [-0.15, -0.1) is 0 Å². The summed E-state index contributed by atoms with van der Waals surface area (Å²) in [6.45, 7) is 4.22. The molecule has 0 heterocycles. The largest absolute Gasteiger partial charge is 0.371 e. The Morgan fingerprint density at radius 1 is 1.09 bits per heavy atom. The zero-order valence-electron chi connectivity index (χ0n) is 13.5. The van der Waals surface area contributed by atoms with E-state index in [4.69, 9.17) is 0 Å². The molecule has 2 aromatic rings. The fourth-order valence-electron chi connectivity index (χ4n) is 2.43. The van der Waals surface area contributed by atoms with Crippen LogP contribution in [0.3, 0.4) is 0 Å². The topological polar surface area (TPSA) is 32.3 Å². The van der Waals surface area contributed by atoms with Crippen LogP contribution in [0.5, 0.6) is 0 Å². The van der Waals surface area contributed by atoms with Crippen molar-refractivity contribution >= 4 is 11.6 Å². The van der Waals surface area contributed by atoms with Crippen LogP contribution in [-0.4, -0.2) is 25.5 Å². The zero-order chi connectivity index (χ0) is 16.5. The number of benzene rings is 2. The number of para-hydroxylation sites is 1. The van der Waals surface area contributed by atoms with Crippen molar-refractivity contribution in [2.45, 2.75) is 19.8 Å². The predicted molar refractivity (Wildman–Crippen MR) is 92.1 cm³/mol. The van der Waals surface area contributed by atoms with Crippen LogP contribution in [-0.2, 0) is 11.2 Å². The highest BCUT2D eigenvalue weighted by Crippen LogP contribution is 2.12. The monoisotopic (exact) mass is 314 g/mol. The van der Waals surface area contributed by atoms with Gasteiger partial charge in [-0.25, -0.2) is 4.39 Å². The lowest BCUT2D eigenvalue weighted by molar-refractivity contribution is -0.120. The average Bonchev–Trinajstić information content (AvgIpc) is 2.58. The molecule has 1 amide bonds. The van der Waals surface area contributed by atoms with Gasteiger partial charge in [0.05, 0.1) is 0 Å². The predicted octanol–water partition coefficient (Wildman–Crippen LogP) is 3.40. The number of anilines is 1. The number of carbonyl (C=O) groups excluding carboxylic acids is 1. The molecule has 23 heavy (non-hydrogen) atoms. The molecule has 0 aromatic heterocycles. The van der Waals surface area contributed by atoms with E-state index < -0.39 is 0 Å². The average molecular weight is 314 g/mol. The van der Waals surface area contributed by atoms with E-state index in [1.54, 1.807) is 12.1 Å². The molecular weight excluding hydrogens is 291 g/mol. The SMILES string of the molecule is CCN(CCC(=O)NCCc1ccc(F)cc1)c1ccccc1. The van der Waals surface area contributed by atoms with Crippen molar-refractivity contribution in [3.8, 4) is 0 Å². The molecular formula is C19H23FN2O. The molecule has 0 saturated heterocycles. The Labute approximate surface area is 137 Å². The molecule has 0 bridgehead atoms. The molecule has 0 aliphatic carbocycles. The van der Waals surface area contributed by atoms with Crippen molar-refractivity contribution in [3.63, 3.8) is 0 Å². The zero-order valence-corrected chi connectivity index (χ0v) is 13.5. The van der Waals surface area contributed by atoms with Gasteiger partial charge in [0.25, 0.3) is 0 Å². The molecule has 0 fully saturated rings. The van der Waals surface area contributed by atoms with Crippen molar-refractivity contribution < 1.29 is 9.18 Å². The third-order valence-corrected chi connectivity index (χ3v) is 3.76. The van der Waals surface area contributed by atoms with Crippen LogP contribution in [0.15, 0.2) is 54.6 Å². The normalized spacial score (nSPS) is 10.3. The molecule has 2 rings (SSSR count). The van der Waals surface area contributed by atoms with Gasteiger partial charge in [0.1, 0.15) is 5.82 Å². The van der Waals surface area contributed by atoms with E-state index in [-0.39, 0.29) is 11.7 Å². The van der Waals surface area contributed by atoms with Crippen molar-refractivity contribution in [1.82, 2.24) is 5.32 Å². The minimum atomic E-state index is -0.238. The number of amides is 1. The molecule has 4 heteroatoms. The van der Waals surface area contributed by atoms with Crippen LogP contribution in [0.25, 0.3) is 0 Å². The summed E-state index contributed by atoms with van der Waals surface area (Å²) in [5, 5.41) is 2.92. The van der Waals surface area contributed by atoms with Gasteiger partial charge < -0.3 is 10.2 Å². The van der Waals surface area contributed by atoms with Gasteiger partial charge in [0.15, 0.2) is 0 Å². The highest BCUT2D eigenvalue weighted by Gasteiger charge is 2.07. The number of hydrogen-bond acceptors (Lipinski definition) is 2. The second-order valence-corrected chi connectivity index (χ2v) is 5.39. The van der Waals surface area contributed by atoms with Crippen LogP contribution in [0.2, 0.25) is 0 Å². The number of halogens is 1. The van der Waals surface area contributed by atoms with Gasteiger partial charge in [0, 0.05) is 31.7 Å². The fraction of sp³-hybridized carbons (Fsp3) is 0.316. The maximum absolute atomic E-state index is 12.8. The first-order valence-corrected chi connectivity index (χ1v) is 8.00. The lowest BCUT2D eigenvalue weighted by Gasteiger charge is -2.22. The molecule has 2 aromatic carbocycles. The van der Waals surface area contributed by atoms with Crippen LogP contribution < -0.4 is 10.2 Å². The van der Waals surface area contributed by atoms with E-state index in [0.29, 0.717) is 25.9 Å². The van der Waals surface area contributed by atoms with E-state index in [1.807, 2.05) is 18.2 Å². The Hall–Kier alpha value is -2.36. The minimum Gasteiger partial charge on any atom is -0.371 e. The highest BCUT2D eigenvalue weighted by molar-refractivity contribution is 5.76. The van der Waals surface area contributed by atoms with E-state index in [9.17, 15) is 9.18 Å². The smallest absolute Gasteiger partial charge is 0.221 e. The second kappa shape index (κ2) is 8.93. The molecule has 0 atom stereocenters. The van der Waals surface area contributed by atoms with Crippen molar-refractivity contribution in [2.24, 2.45) is 0 Å². The third-order valence-electron chi connectivity index (χ3n) is 3.76. The summed E-state index contributed by atoms with van der Waals surface area (Å²) in [5.41, 5.74) is 2.15. The molecule has 0 aliphatic heterocycles. The van der Waals surface area contributed by atoms with Crippen LogP contribution in [0, 0.1) is 5.82 Å². The van der Waals surface area contributed by atoms with E-state index >= 15 is 0 Å². The molecule has 0 radical (unpaired) electrons. The number of hydrogen-bond donors (Lipinski definition) is 1. The van der Waals surface area contributed by atoms with Gasteiger partial charge in [0.2, 0.25) is 5.91 Å². The van der Waals surface area contributed by atoms with Gasteiger partial charge in [-0.2, -0.15) is 0 Å². The lowest BCUT2D eigenvalue weighted by atomic mass is 10.1. The second-order valence-electron chi connectivity index (χ2n) is 5.39. The first-order chi connectivity index (χ1) is 11.2. The molecule has 3 nitrogen and oxygen atoms in total. The summed E-state index contributed by atoms with van der Waals surface area (Å²) in [6, 6.07) is 16.5. The third kappa shape index (κ3) is 5.74. The number of nitrogens with zero attached hydrogens (tertiary/aromatic N) is 1. The Kier molecular flexibility index (Phi) is 6.60. The van der Waals surface area contributed by atoms with Gasteiger partial charge in [-0.3, -0.25) is 4.79 Å². The summed E-state index contributed by atoms with van der Waals surface area (Å²) in [6.07, 6.45) is 1.17. The summed E-state index contributed by atoms with van der Waals surface area (Å²) < 4.78 is 12.8. The molecule has 1 N–H and O–H groups in total. The van der Waals surface area contributed by atoms with Gasteiger partial charge >= 0.3 is 0 Å². The molecule has 0 aliphatic rings. The highest BCUT2D eigenvalue weighted by atomic mass is 19.1. The fourth-order valence-corrected chi connectivity index (χ4v) is 2.43. The van der Waals surface area contributed by atoms with Crippen molar-refractivity contribution in [1.29, 1.82) is 0 Å². The Bertz CT molecular complexity index is 599. The van der Waals surface area contributed by atoms with Gasteiger partial charge in [-0.1, -0.05) is 30.3 Å². The Balaban J connectivity index is 1.71. The molecule has 122 valence electrons. The van der Waals surface area contributed by atoms with Gasteiger partial charge in [-0.05, 0) is 43.2 Å². The van der Waals surface area contributed by atoms with E-state index in [2.05, 4.69) is 29.3 Å². The summed E-state index contributed by atoms with van der Waals surface area (Å²) in [4.78, 5) is 14.1. The first kappa shape index (κ1) is 17.0. The summed E-state index contributed by atoms with van der Waals surface area (Å²) in [7, 11) is 0. The van der Waals surface area contributed by atoms with Crippen molar-refractivity contribution in [3.05, 3.63) is 66.0 Å². The minimum absolute atomic E-state index is 0.0430.